The third-order valence-corrected chi connectivity index (χ3v) is 3.94. The van der Waals surface area contributed by atoms with E-state index in [0.717, 1.165) is 0 Å². The second kappa shape index (κ2) is 7.51. The number of rotatable bonds is 10. The minimum Gasteiger partial charge on any atom is -0.303 e. The Morgan fingerprint density at radius 1 is 0.581 bits per heavy atom. The maximum Gasteiger partial charge on any atom is 0.474 e. The Hall–Kier alpha value is -1.01. The summed E-state index contributed by atoms with van der Waals surface area (Å²) in [5.74, 6) is -56.3. The minimum atomic E-state index is -8.68. The smallest absolute Gasteiger partial charge is 0.303 e. The lowest BCUT2D eigenvalue weighted by atomic mass is 9.88. The van der Waals surface area contributed by atoms with Crippen molar-refractivity contribution in [3.8, 4) is 0 Å². The zero-order valence-corrected chi connectivity index (χ0v) is 14.8. The van der Waals surface area contributed by atoms with E-state index in [4.69, 9.17) is 9.79 Å². The van der Waals surface area contributed by atoms with E-state index in [-0.39, 0.29) is 6.92 Å². The van der Waals surface area contributed by atoms with Crippen LogP contribution in [0.2, 0.25) is 0 Å². The molecule has 0 aromatic carbocycles. The van der Waals surface area contributed by atoms with E-state index in [0.29, 0.717) is 0 Å². The van der Waals surface area contributed by atoms with Gasteiger partial charge in [0.2, 0.25) is 0 Å². The molecule has 0 atom stereocenters. The Morgan fingerprint density at radius 2 is 0.839 bits per heavy atom. The first kappa shape index (κ1) is 30.0. The van der Waals surface area contributed by atoms with Crippen molar-refractivity contribution in [3.63, 3.8) is 0 Å². The van der Waals surface area contributed by atoms with Crippen molar-refractivity contribution in [1.82, 2.24) is 0 Å². The highest BCUT2D eigenvalue weighted by atomic mass is 31.2. The largest absolute Gasteiger partial charge is 0.474 e. The summed E-state index contributed by atoms with van der Waals surface area (Å²) in [6.45, 7) is -0.0943. The van der Waals surface area contributed by atoms with Gasteiger partial charge in [-0.25, -0.2) is 9.09 Å². The minimum absolute atomic E-state index is 0.0943. The monoisotopic (exact) mass is 526 g/mol. The predicted molar refractivity (Wildman–Crippen MR) is 63.0 cm³/mol. The molecule has 188 valence electrons. The van der Waals surface area contributed by atoms with Crippen LogP contribution in [0.5, 0.6) is 0 Å². The van der Waals surface area contributed by atoms with Gasteiger partial charge in [-0.1, -0.05) is 6.92 Å². The van der Waals surface area contributed by atoms with Crippen LogP contribution in [-0.4, -0.2) is 57.4 Å². The molecule has 2 N–H and O–H groups in total. The first-order valence-electron chi connectivity index (χ1n) is 6.80. The lowest BCUT2D eigenvalue weighted by molar-refractivity contribution is -0.466. The number of halogens is 16. The Balaban J connectivity index is 6.77. The van der Waals surface area contributed by atoms with Crippen LogP contribution in [0.1, 0.15) is 13.3 Å². The van der Waals surface area contributed by atoms with Crippen molar-refractivity contribution in [2.75, 3.05) is 0 Å². The molecule has 0 aliphatic rings. The van der Waals surface area contributed by atoms with Gasteiger partial charge in [0.15, 0.2) is 0 Å². The number of phosphoric ester groups is 1. The average Bonchev–Trinajstić information content (AvgIpc) is 2.51. The molecule has 0 rings (SSSR count). The van der Waals surface area contributed by atoms with E-state index in [1.807, 2.05) is 0 Å². The fourth-order valence-electron chi connectivity index (χ4n) is 1.63. The second-order valence-electron chi connectivity index (χ2n) is 5.60. The second-order valence-corrected chi connectivity index (χ2v) is 6.77. The van der Waals surface area contributed by atoms with Crippen molar-refractivity contribution in [1.29, 1.82) is 0 Å². The molecule has 0 amide bonds. The highest BCUT2D eigenvalue weighted by Gasteiger charge is 2.95. The van der Waals surface area contributed by atoms with E-state index in [1.165, 1.54) is 0 Å². The standard InChI is InChI=1S/C10H7F16O4P/c1-2-3(11,12)4(13,14)5(15,16)6(17,18)7(19,20)8(21,22)9(23,24)10(25,26)30-31(27,28)29/h2H2,1H3,(H2,27,28,29). The van der Waals surface area contributed by atoms with Gasteiger partial charge in [-0.05, 0) is 0 Å². The van der Waals surface area contributed by atoms with Gasteiger partial charge < -0.3 is 9.79 Å². The summed E-state index contributed by atoms with van der Waals surface area (Å²) in [7, 11) is -6.99. The molecule has 0 aliphatic carbocycles. The summed E-state index contributed by atoms with van der Waals surface area (Å²) < 4.78 is 222. The van der Waals surface area contributed by atoms with Crippen LogP contribution in [0.4, 0.5) is 70.2 Å². The van der Waals surface area contributed by atoms with Crippen molar-refractivity contribution >= 4 is 7.82 Å². The molecule has 0 fully saturated rings. The molecule has 21 heteroatoms. The van der Waals surface area contributed by atoms with E-state index < -0.39 is 61.8 Å². The van der Waals surface area contributed by atoms with Gasteiger partial charge in [-0.2, -0.15) is 70.2 Å². The molecule has 31 heavy (non-hydrogen) atoms. The van der Waals surface area contributed by atoms with E-state index in [1.54, 1.807) is 4.52 Å². The van der Waals surface area contributed by atoms with Crippen LogP contribution >= 0.6 is 7.82 Å². The predicted octanol–water partition coefficient (Wildman–Crippen LogP) is 5.55. The maximum absolute atomic E-state index is 13.3. The van der Waals surface area contributed by atoms with Crippen molar-refractivity contribution in [3.05, 3.63) is 0 Å². The normalized spacial score (nSPS) is 16.6. The average molecular weight is 526 g/mol. The van der Waals surface area contributed by atoms with Crippen LogP contribution in [0.25, 0.3) is 0 Å². The van der Waals surface area contributed by atoms with E-state index in [2.05, 4.69) is 0 Å². The number of alkyl halides is 16. The zero-order valence-electron chi connectivity index (χ0n) is 13.9. The summed E-state index contributed by atoms with van der Waals surface area (Å²) in [6, 6.07) is 0. The molecule has 0 saturated heterocycles. The molecule has 0 saturated carbocycles. The molecule has 0 unspecified atom stereocenters. The molecule has 0 aromatic rings. The highest BCUT2D eigenvalue weighted by Crippen LogP contribution is 2.65. The van der Waals surface area contributed by atoms with Gasteiger partial charge in [0.05, 0.1) is 0 Å². The summed E-state index contributed by atoms with van der Waals surface area (Å²) in [4.78, 5) is 15.8. The first-order chi connectivity index (χ1) is 13.0. The third kappa shape index (κ3) is 4.19. The first-order valence-corrected chi connectivity index (χ1v) is 8.33. The quantitative estimate of drug-likeness (QED) is 0.290. The lowest BCUT2D eigenvalue weighted by Crippen LogP contribution is -2.74. The number of phosphoric acid groups is 1. The van der Waals surface area contributed by atoms with Gasteiger partial charge in [-0.15, -0.1) is 0 Å². The molecule has 4 nitrogen and oxygen atoms in total. The van der Waals surface area contributed by atoms with Gasteiger partial charge >= 0.3 is 55.4 Å². The summed E-state index contributed by atoms with van der Waals surface area (Å²) in [5.41, 5.74) is 0. The fourth-order valence-corrected chi connectivity index (χ4v) is 2.04. The topological polar surface area (TPSA) is 66.8 Å². The van der Waals surface area contributed by atoms with Crippen molar-refractivity contribution in [2.45, 2.75) is 60.9 Å². The highest BCUT2D eigenvalue weighted by molar-refractivity contribution is 7.46. The van der Waals surface area contributed by atoms with Crippen LogP contribution in [0.15, 0.2) is 0 Å². The Labute approximate surface area is 159 Å². The lowest BCUT2D eigenvalue weighted by Gasteiger charge is -2.43. The van der Waals surface area contributed by atoms with Crippen molar-refractivity contribution < 1.29 is 89.1 Å². The van der Waals surface area contributed by atoms with Gasteiger partial charge in [-0.3, -0.25) is 0 Å². The van der Waals surface area contributed by atoms with Crippen LogP contribution < -0.4 is 0 Å². The Kier molecular flexibility index (Phi) is 7.27. The van der Waals surface area contributed by atoms with Gasteiger partial charge in [0.25, 0.3) is 0 Å². The summed E-state index contributed by atoms with van der Waals surface area (Å²) in [5, 5.41) is 0. The number of hydrogen-bond donors (Lipinski definition) is 2. The van der Waals surface area contributed by atoms with E-state index >= 15 is 0 Å². The van der Waals surface area contributed by atoms with Gasteiger partial charge in [0, 0.05) is 6.42 Å². The van der Waals surface area contributed by atoms with Crippen LogP contribution in [-0.2, 0) is 9.09 Å². The van der Waals surface area contributed by atoms with Gasteiger partial charge in [0.1, 0.15) is 0 Å². The molecule has 0 heterocycles. The Bertz CT molecular complexity index is 713. The van der Waals surface area contributed by atoms with E-state index in [9.17, 15) is 74.8 Å². The molecular formula is C10H7F16O4P. The third-order valence-electron chi connectivity index (χ3n) is 3.47. The summed E-state index contributed by atoms with van der Waals surface area (Å²) >= 11 is 0. The number of hydrogen-bond acceptors (Lipinski definition) is 2. The molecule has 0 bridgehead atoms. The SMILES string of the molecule is CCC(F)(F)C(F)(F)C(F)(F)C(F)(F)C(F)(F)C(F)(F)C(F)(F)C(F)(F)OP(=O)(O)O. The fraction of sp³-hybridized carbons (Fsp3) is 1.00. The van der Waals surface area contributed by atoms with Crippen molar-refractivity contribution in [2.24, 2.45) is 0 Å². The molecular weight excluding hydrogens is 519 g/mol. The molecule has 0 spiro atoms. The molecule has 0 aromatic heterocycles. The maximum atomic E-state index is 13.3. The van der Waals surface area contributed by atoms with Crippen LogP contribution in [0.3, 0.4) is 0 Å². The molecule has 0 aliphatic heterocycles. The zero-order chi connectivity index (χ0) is 25.9. The molecule has 0 radical (unpaired) electrons. The Morgan fingerprint density at radius 3 is 1.10 bits per heavy atom. The van der Waals surface area contributed by atoms with Crippen LogP contribution in [0, 0.1) is 0 Å². The summed E-state index contributed by atoms with van der Waals surface area (Å²) in [6.07, 6.45) is -10.0.